The van der Waals surface area contributed by atoms with Gasteiger partial charge in [0.2, 0.25) is 0 Å². The molecule has 384 valence electrons. The zero-order valence-electron chi connectivity index (χ0n) is 43.9. The summed E-state index contributed by atoms with van der Waals surface area (Å²) >= 11 is 0. The molecule has 0 heterocycles. The fourth-order valence-corrected chi connectivity index (χ4v) is 7.63. The summed E-state index contributed by atoms with van der Waals surface area (Å²) in [6.45, 7) is 6.45. The molecule has 0 aliphatic heterocycles. The summed E-state index contributed by atoms with van der Waals surface area (Å²) in [4.78, 5) is 38.1. The topological polar surface area (TPSA) is 78.9 Å². The number of esters is 3. The van der Waals surface area contributed by atoms with Crippen molar-refractivity contribution in [2.45, 2.75) is 271 Å². The predicted molar refractivity (Wildman–Crippen MR) is 288 cm³/mol. The van der Waals surface area contributed by atoms with E-state index in [1.54, 1.807) is 0 Å². The molecule has 0 spiro atoms. The van der Waals surface area contributed by atoms with Gasteiger partial charge in [0, 0.05) is 19.3 Å². The van der Waals surface area contributed by atoms with Crippen molar-refractivity contribution in [3.05, 3.63) is 85.1 Å². The second-order valence-corrected chi connectivity index (χ2v) is 18.5. The first kappa shape index (κ1) is 63.6. The van der Waals surface area contributed by atoms with Gasteiger partial charge in [0.25, 0.3) is 0 Å². The van der Waals surface area contributed by atoms with Crippen LogP contribution in [0.25, 0.3) is 0 Å². The quantitative estimate of drug-likeness (QED) is 0.0262. The second kappa shape index (κ2) is 55.2. The van der Waals surface area contributed by atoms with Gasteiger partial charge in [-0.25, -0.2) is 0 Å². The van der Waals surface area contributed by atoms with E-state index in [2.05, 4.69) is 106 Å². The Kier molecular flexibility index (Phi) is 52.4. The first-order valence-corrected chi connectivity index (χ1v) is 28.1. The van der Waals surface area contributed by atoms with Gasteiger partial charge in [-0.3, -0.25) is 14.4 Å². The van der Waals surface area contributed by atoms with E-state index in [9.17, 15) is 14.4 Å². The zero-order chi connectivity index (χ0) is 48.6. The van der Waals surface area contributed by atoms with Crippen LogP contribution in [-0.4, -0.2) is 37.2 Å². The van der Waals surface area contributed by atoms with Crippen LogP contribution >= 0.6 is 0 Å². The van der Waals surface area contributed by atoms with Crippen molar-refractivity contribution in [2.75, 3.05) is 13.2 Å². The summed E-state index contributed by atoms with van der Waals surface area (Å²) < 4.78 is 16.8. The van der Waals surface area contributed by atoms with E-state index in [4.69, 9.17) is 14.2 Å². The first-order valence-electron chi connectivity index (χ1n) is 28.1. The minimum atomic E-state index is -0.798. The van der Waals surface area contributed by atoms with Crippen LogP contribution in [0.3, 0.4) is 0 Å². The standard InChI is InChI=1S/C61H104O6/c1-4-7-10-13-16-19-22-25-28-29-30-31-34-36-39-42-45-48-51-54-60(63)66-57-58(67-61(64)55-52-49-46-43-40-37-33-27-24-21-18-15-12-9-6-3)56-65-59(62)53-50-47-44-41-38-35-32-26-23-20-17-14-11-8-5-2/h8,11,16-17,19-21,24-26,28,32,38,41,58H,4-7,9-10,12-15,18,22-23,27,29-31,33-37,39-40,42-57H2,1-3H3/b11-8-,19-16-,20-17-,24-21-,28-25-,32-26-,41-38-/t58-/m1/s1. The van der Waals surface area contributed by atoms with Crippen LogP contribution < -0.4 is 0 Å². The Morgan fingerprint density at radius 3 is 0.985 bits per heavy atom. The van der Waals surface area contributed by atoms with Crippen LogP contribution in [-0.2, 0) is 28.6 Å². The molecule has 6 heteroatoms. The van der Waals surface area contributed by atoms with E-state index in [1.165, 1.54) is 135 Å². The van der Waals surface area contributed by atoms with E-state index in [1.807, 2.05) is 0 Å². The lowest BCUT2D eigenvalue weighted by Gasteiger charge is -2.18. The summed E-state index contributed by atoms with van der Waals surface area (Å²) in [5.41, 5.74) is 0. The Bertz CT molecular complexity index is 1300. The van der Waals surface area contributed by atoms with Crippen molar-refractivity contribution >= 4 is 17.9 Å². The maximum absolute atomic E-state index is 12.8. The van der Waals surface area contributed by atoms with E-state index in [-0.39, 0.29) is 31.1 Å². The molecule has 0 aromatic carbocycles. The predicted octanol–water partition coefficient (Wildman–Crippen LogP) is 18.8. The monoisotopic (exact) mass is 933 g/mol. The van der Waals surface area contributed by atoms with Crippen molar-refractivity contribution < 1.29 is 28.6 Å². The highest BCUT2D eigenvalue weighted by atomic mass is 16.6. The summed E-state index contributed by atoms with van der Waals surface area (Å²) in [6, 6.07) is 0. The molecule has 0 N–H and O–H groups in total. The van der Waals surface area contributed by atoms with E-state index < -0.39 is 6.10 Å². The van der Waals surface area contributed by atoms with E-state index >= 15 is 0 Å². The van der Waals surface area contributed by atoms with Crippen LogP contribution in [0.2, 0.25) is 0 Å². The minimum absolute atomic E-state index is 0.0936. The number of rotatable bonds is 50. The van der Waals surface area contributed by atoms with Crippen molar-refractivity contribution in [3.8, 4) is 0 Å². The average molecular weight is 933 g/mol. The molecule has 6 nitrogen and oxygen atoms in total. The van der Waals surface area contributed by atoms with Gasteiger partial charge in [-0.05, 0) is 116 Å². The van der Waals surface area contributed by atoms with Gasteiger partial charge in [-0.15, -0.1) is 0 Å². The molecule has 67 heavy (non-hydrogen) atoms. The molecule has 0 aliphatic carbocycles. The SMILES string of the molecule is CC/C=C\C/C=C\C/C=C\C/C=C\CCCCC(=O)OC[C@H](COC(=O)CCCCCCCCCCC/C=C\C/C=C\CCCCC)OC(=O)CCCCCCCCC/C=C\CCCCCC. The molecule has 0 rings (SSSR count). The fourth-order valence-electron chi connectivity index (χ4n) is 7.63. The molecular weight excluding hydrogens is 829 g/mol. The summed E-state index contributed by atoms with van der Waals surface area (Å²) in [5.74, 6) is -0.941. The summed E-state index contributed by atoms with van der Waals surface area (Å²) in [7, 11) is 0. The third-order valence-corrected chi connectivity index (χ3v) is 11.9. The van der Waals surface area contributed by atoms with Crippen LogP contribution in [0, 0.1) is 0 Å². The number of hydrogen-bond acceptors (Lipinski definition) is 6. The lowest BCUT2D eigenvalue weighted by atomic mass is 10.1. The molecule has 0 fully saturated rings. The third-order valence-electron chi connectivity index (χ3n) is 11.9. The molecule has 0 saturated heterocycles. The number of carbonyl (C=O) groups is 3. The summed E-state index contributed by atoms with van der Waals surface area (Å²) in [5, 5.41) is 0. The molecule has 0 aromatic rings. The van der Waals surface area contributed by atoms with Crippen molar-refractivity contribution in [1.82, 2.24) is 0 Å². The number of hydrogen-bond donors (Lipinski definition) is 0. The highest BCUT2D eigenvalue weighted by Crippen LogP contribution is 2.15. The van der Waals surface area contributed by atoms with E-state index in [0.717, 1.165) is 89.9 Å². The fraction of sp³-hybridized carbons (Fsp3) is 0.721. The molecule has 0 radical (unpaired) electrons. The lowest BCUT2D eigenvalue weighted by Crippen LogP contribution is -2.30. The van der Waals surface area contributed by atoms with Crippen molar-refractivity contribution in [1.29, 1.82) is 0 Å². The number of carbonyl (C=O) groups excluding carboxylic acids is 3. The van der Waals surface area contributed by atoms with Gasteiger partial charge in [-0.2, -0.15) is 0 Å². The molecule has 1 atom stereocenters. The lowest BCUT2D eigenvalue weighted by molar-refractivity contribution is -0.167. The van der Waals surface area contributed by atoms with Crippen molar-refractivity contribution in [3.63, 3.8) is 0 Å². The van der Waals surface area contributed by atoms with Crippen LogP contribution in [0.5, 0.6) is 0 Å². The van der Waals surface area contributed by atoms with Crippen LogP contribution in [0.4, 0.5) is 0 Å². The van der Waals surface area contributed by atoms with E-state index in [0.29, 0.717) is 19.3 Å². The Hall–Kier alpha value is -3.41. The Labute approximate surface area is 414 Å². The smallest absolute Gasteiger partial charge is 0.306 e. The number of unbranched alkanes of at least 4 members (excludes halogenated alkanes) is 25. The molecular formula is C61H104O6. The molecule has 0 aromatic heterocycles. The van der Waals surface area contributed by atoms with Gasteiger partial charge in [0.05, 0.1) is 0 Å². The zero-order valence-corrected chi connectivity index (χ0v) is 43.9. The number of allylic oxidation sites excluding steroid dienone is 14. The van der Waals surface area contributed by atoms with Gasteiger partial charge in [0.1, 0.15) is 13.2 Å². The molecule has 0 saturated carbocycles. The average Bonchev–Trinajstić information content (AvgIpc) is 3.33. The van der Waals surface area contributed by atoms with Gasteiger partial charge < -0.3 is 14.2 Å². The van der Waals surface area contributed by atoms with Crippen LogP contribution in [0.1, 0.15) is 265 Å². The normalized spacial score (nSPS) is 12.7. The Morgan fingerprint density at radius 1 is 0.313 bits per heavy atom. The first-order chi connectivity index (χ1) is 33.0. The Morgan fingerprint density at radius 2 is 0.582 bits per heavy atom. The van der Waals surface area contributed by atoms with Gasteiger partial charge in [0.15, 0.2) is 6.10 Å². The number of ether oxygens (including phenoxy) is 3. The van der Waals surface area contributed by atoms with Crippen LogP contribution in [0.15, 0.2) is 85.1 Å². The second-order valence-electron chi connectivity index (χ2n) is 18.5. The van der Waals surface area contributed by atoms with Gasteiger partial charge in [-0.1, -0.05) is 215 Å². The van der Waals surface area contributed by atoms with Gasteiger partial charge >= 0.3 is 17.9 Å². The maximum atomic E-state index is 12.8. The molecule has 0 bridgehead atoms. The third kappa shape index (κ3) is 53.4. The summed E-state index contributed by atoms with van der Waals surface area (Å²) in [6.07, 6.45) is 71.4. The highest BCUT2D eigenvalue weighted by molar-refractivity contribution is 5.71. The molecule has 0 unspecified atom stereocenters. The van der Waals surface area contributed by atoms with Crippen molar-refractivity contribution in [2.24, 2.45) is 0 Å². The minimum Gasteiger partial charge on any atom is -0.462 e. The Balaban J connectivity index is 4.43. The maximum Gasteiger partial charge on any atom is 0.306 e. The highest BCUT2D eigenvalue weighted by Gasteiger charge is 2.19. The largest absolute Gasteiger partial charge is 0.462 e. The molecule has 0 amide bonds. The molecule has 0 aliphatic rings.